The molecule has 0 spiro atoms. The van der Waals surface area contributed by atoms with Crippen molar-refractivity contribution < 1.29 is 14.4 Å². The molecule has 1 aromatic rings. The molecule has 1 saturated heterocycles. The van der Waals surface area contributed by atoms with Crippen LogP contribution in [0.2, 0.25) is 0 Å². The van der Waals surface area contributed by atoms with Gasteiger partial charge in [0.05, 0.1) is 0 Å². The van der Waals surface area contributed by atoms with Crippen LogP contribution in [-0.4, -0.2) is 73.2 Å². The molecule has 1 aromatic carbocycles. The van der Waals surface area contributed by atoms with Crippen molar-refractivity contribution in [1.82, 2.24) is 14.7 Å². The van der Waals surface area contributed by atoms with Gasteiger partial charge >= 0.3 is 0 Å². The quantitative estimate of drug-likeness (QED) is 0.607. The SMILES string of the molecule is CN(C)C(=O)c1ccc(/C=C/C(=O)N2CCN(C=O)CC2)cc1. The molecular formula is C17H21N3O3. The number of piperazine rings is 1. The zero-order chi connectivity index (χ0) is 16.8. The number of nitrogens with zero attached hydrogens (tertiary/aromatic N) is 3. The van der Waals surface area contributed by atoms with Crippen LogP contribution >= 0.6 is 0 Å². The summed E-state index contributed by atoms with van der Waals surface area (Å²) in [5.41, 5.74) is 1.48. The van der Waals surface area contributed by atoms with Crippen molar-refractivity contribution in [3.8, 4) is 0 Å². The maximum Gasteiger partial charge on any atom is 0.253 e. The molecule has 0 unspecified atom stereocenters. The Bertz CT molecular complexity index is 600. The van der Waals surface area contributed by atoms with E-state index in [1.54, 1.807) is 42.1 Å². The normalized spacial score (nSPS) is 14.9. The van der Waals surface area contributed by atoms with E-state index in [9.17, 15) is 14.4 Å². The molecule has 122 valence electrons. The van der Waals surface area contributed by atoms with Crippen molar-refractivity contribution >= 4 is 24.3 Å². The molecule has 0 saturated carbocycles. The van der Waals surface area contributed by atoms with E-state index >= 15 is 0 Å². The van der Waals surface area contributed by atoms with Crippen LogP contribution in [0, 0.1) is 0 Å². The van der Waals surface area contributed by atoms with Crippen molar-refractivity contribution in [3.05, 3.63) is 41.5 Å². The van der Waals surface area contributed by atoms with Gasteiger partial charge in [0, 0.05) is 51.9 Å². The lowest BCUT2D eigenvalue weighted by Crippen LogP contribution is -2.47. The van der Waals surface area contributed by atoms with Gasteiger partial charge in [0.25, 0.3) is 5.91 Å². The average molecular weight is 315 g/mol. The summed E-state index contributed by atoms with van der Waals surface area (Å²) in [6.07, 6.45) is 4.08. The topological polar surface area (TPSA) is 60.9 Å². The second-order valence-corrected chi connectivity index (χ2v) is 5.62. The first-order chi connectivity index (χ1) is 11.0. The van der Waals surface area contributed by atoms with Gasteiger partial charge in [-0.2, -0.15) is 0 Å². The molecule has 0 bridgehead atoms. The lowest BCUT2D eigenvalue weighted by atomic mass is 10.1. The van der Waals surface area contributed by atoms with E-state index in [2.05, 4.69) is 0 Å². The van der Waals surface area contributed by atoms with Gasteiger partial charge in [-0.15, -0.1) is 0 Å². The molecule has 6 nitrogen and oxygen atoms in total. The summed E-state index contributed by atoms with van der Waals surface area (Å²) in [6.45, 7) is 2.26. The summed E-state index contributed by atoms with van der Waals surface area (Å²) in [5.74, 6) is -0.117. The van der Waals surface area contributed by atoms with Crippen LogP contribution in [-0.2, 0) is 9.59 Å². The zero-order valence-electron chi connectivity index (χ0n) is 13.4. The highest BCUT2D eigenvalue weighted by molar-refractivity contribution is 5.94. The van der Waals surface area contributed by atoms with Crippen LogP contribution in [0.5, 0.6) is 0 Å². The largest absolute Gasteiger partial charge is 0.345 e. The van der Waals surface area contributed by atoms with E-state index in [4.69, 9.17) is 0 Å². The van der Waals surface area contributed by atoms with Crippen molar-refractivity contribution in [2.45, 2.75) is 0 Å². The van der Waals surface area contributed by atoms with Crippen LogP contribution in [0.25, 0.3) is 6.08 Å². The minimum Gasteiger partial charge on any atom is -0.345 e. The zero-order valence-corrected chi connectivity index (χ0v) is 13.4. The molecule has 23 heavy (non-hydrogen) atoms. The monoisotopic (exact) mass is 315 g/mol. The summed E-state index contributed by atoms with van der Waals surface area (Å²) >= 11 is 0. The Labute approximate surface area is 136 Å². The molecule has 1 aliphatic rings. The predicted molar refractivity (Wildman–Crippen MR) is 87.7 cm³/mol. The molecular weight excluding hydrogens is 294 g/mol. The fourth-order valence-corrected chi connectivity index (χ4v) is 2.32. The Balaban J connectivity index is 1.93. The fourth-order valence-electron chi connectivity index (χ4n) is 2.32. The molecule has 0 atom stereocenters. The summed E-state index contributed by atoms with van der Waals surface area (Å²) in [4.78, 5) is 39.5. The van der Waals surface area contributed by atoms with E-state index in [0.29, 0.717) is 31.7 Å². The van der Waals surface area contributed by atoms with Gasteiger partial charge < -0.3 is 14.7 Å². The maximum absolute atomic E-state index is 12.1. The predicted octanol–water partition coefficient (Wildman–Crippen LogP) is 0.702. The van der Waals surface area contributed by atoms with E-state index in [1.165, 1.54) is 11.0 Å². The van der Waals surface area contributed by atoms with Crippen molar-refractivity contribution in [1.29, 1.82) is 0 Å². The molecule has 3 amide bonds. The third-order valence-electron chi connectivity index (χ3n) is 3.76. The Hall–Kier alpha value is -2.63. The molecule has 6 heteroatoms. The first kappa shape index (κ1) is 16.7. The summed E-state index contributed by atoms with van der Waals surface area (Å²) in [6, 6.07) is 7.11. The van der Waals surface area contributed by atoms with E-state index < -0.39 is 0 Å². The number of carbonyl (C=O) groups excluding carboxylic acids is 3. The Morgan fingerprint density at radius 3 is 2.17 bits per heavy atom. The summed E-state index contributed by atoms with van der Waals surface area (Å²) < 4.78 is 0. The smallest absolute Gasteiger partial charge is 0.253 e. The van der Waals surface area contributed by atoms with Crippen molar-refractivity contribution in [2.75, 3.05) is 40.3 Å². The van der Waals surface area contributed by atoms with E-state index in [0.717, 1.165) is 12.0 Å². The van der Waals surface area contributed by atoms with Crippen molar-refractivity contribution in [2.24, 2.45) is 0 Å². The van der Waals surface area contributed by atoms with Gasteiger partial charge in [-0.3, -0.25) is 14.4 Å². The summed E-state index contributed by atoms with van der Waals surface area (Å²) in [7, 11) is 3.42. The minimum absolute atomic E-state index is 0.0512. The standard InChI is InChI=1S/C17H21N3O3/c1-18(2)17(23)15-6-3-14(4-7-15)5-8-16(22)20-11-9-19(13-21)10-12-20/h3-8,13H,9-12H2,1-2H3/b8-5+. The molecule has 2 rings (SSSR count). The molecule has 1 fully saturated rings. The van der Waals surface area contributed by atoms with Crippen LogP contribution < -0.4 is 0 Å². The lowest BCUT2D eigenvalue weighted by molar-refractivity contribution is -0.130. The third kappa shape index (κ3) is 4.42. The lowest BCUT2D eigenvalue weighted by Gasteiger charge is -2.31. The van der Waals surface area contributed by atoms with Gasteiger partial charge in [-0.1, -0.05) is 12.1 Å². The first-order valence-corrected chi connectivity index (χ1v) is 7.49. The highest BCUT2D eigenvalue weighted by atomic mass is 16.2. The Morgan fingerprint density at radius 2 is 1.65 bits per heavy atom. The highest BCUT2D eigenvalue weighted by Crippen LogP contribution is 2.09. The van der Waals surface area contributed by atoms with Crippen LogP contribution in [0.3, 0.4) is 0 Å². The van der Waals surface area contributed by atoms with E-state index in [-0.39, 0.29) is 11.8 Å². The Morgan fingerprint density at radius 1 is 1.04 bits per heavy atom. The number of hydrogen-bond donors (Lipinski definition) is 0. The van der Waals surface area contributed by atoms with Gasteiger partial charge in [-0.25, -0.2) is 0 Å². The second-order valence-electron chi connectivity index (χ2n) is 5.62. The Kier molecular flexibility index (Phi) is 5.51. The van der Waals surface area contributed by atoms with Crippen molar-refractivity contribution in [3.63, 3.8) is 0 Å². The number of benzene rings is 1. The van der Waals surface area contributed by atoms with Gasteiger partial charge in [0.15, 0.2) is 0 Å². The number of carbonyl (C=O) groups is 3. The molecule has 1 heterocycles. The first-order valence-electron chi connectivity index (χ1n) is 7.49. The third-order valence-corrected chi connectivity index (χ3v) is 3.76. The number of rotatable bonds is 4. The van der Waals surface area contributed by atoms with Crippen LogP contribution in [0.15, 0.2) is 30.3 Å². The molecule has 0 aromatic heterocycles. The average Bonchev–Trinajstić information content (AvgIpc) is 2.59. The van der Waals surface area contributed by atoms with Gasteiger partial charge in [0.1, 0.15) is 0 Å². The number of amides is 3. The molecule has 0 N–H and O–H groups in total. The van der Waals surface area contributed by atoms with Gasteiger partial charge in [-0.05, 0) is 23.8 Å². The van der Waals surface area contributed by atoms with E-state index in [1.807, 2.05) is 12.1 Å². The second kappa shape index (κ2) is 7.58. The minimum atomic E-state index is -0.0657. The van der Waals surface area contributed by atoms with Crippen LogP contribution in [0.1, 0.15) is 15.9 Å². The molecule has 0 aliphatic carbocycles. The highest BCUT2D eigenvalue weighted by Gasteiger charge is 2.18. The van der Waals surface area contributed by atoms with Crippen LogP contribution in [0.4, 0.5) is 0 Å². The molecule has 1 aliphatic heterocycles. The maximum atomic E-state index is 12.1. The summed E-state index contributed by atoms with van der Waals surface area (Å²) in [5, 5.41) is 0. The number of hydrogen-bond acceptors (Lipinski definition) is 3. The fraction of sp³-hybridized carbons (Fsp3) is 0.353. The van der Waals surface area contributed by atoms with Gasteiger partial charge in [0.2, 0.25) is 12.3 Å². The molecule has 0 radical (unpaired) electrons.